The second-order valence-electron chi connectivity index (χ2n) is 7.03. The van der Waals surface area contributed by atoms with Crippen molar-refractivity contribution in [3.63, 3.8) is 0 Å². The average molecular weight is 352 g/mol. The summed E-state index contributed by atoms with van der Waals surface area (Å²) >= 11 is 5.81. The Morgan fingerprint density at radius 3 is 2.44 bits per heavy atom. The van der Waals surface area contributed by atoms with Gasteiger partial charge in [-0.25, -0.2) is 4.98 Å². The van der Waals surface area contributed by atoms with Gasteiger partial charge in [0.05, 0.1) is 0 Å². The van der Waals surface area contributed by atoms with Crippen molar-refractivity contribution in [2.75, 3.05) is 0 Å². The predicted molar refractivity (Wildman–Crippen MR) is 106 cm³/mol. The highest BCUT2D eigenvalue weighted by Gasteiger charge is 2.21. The first-order chi connectivity index (χ1) is 12.2. The zero-order valence-corrected chi connectivity index (χ0v) is 15.7. The van der Waals surface area contributed by atoms with Crippen LogP contribution in [-0.2, 0) is 6.42 Å². The lowest BCUT2D eigenvalue weighted by Crippen LogP contribution is -2.12. The molecular weight excluding hydrogens is 326 g/mol. The molecule has 0 unspecified atom stereocenters. The molecule has 2 heteroatoms. The van der Waals surface area contributed by atoms with E-state index in [0.29, 0.717) is 17.0 Å². The summed E-state index contributed by atoms with van der Waals surface area (Å²) in [6, 6.07) is 13.1. The first-order valence-electron chi connectivity index (χ1n) is 9.46. The summed E-state index contributed by atoms with van der Waals surface area (Å²) in [6.07, 6.45) is 10.4. The molecule has 1 aliphatic rings. The standard InChI is InChI=1S/C23H26ClN/c1-2-3-4-18-7-12-21(13-8-18)22-14-9-19(10-15-22)5-6-20-11-16-23(24)25-17-20/h7-8,11-13,16-17,19,22H,2-4,9-10,14-15H2,1H3/t19-,22-. The van der Waals surface area contributed by atoms with E-state index in [9.17, 15) is 0 Å². The minimum absolute atomic E-state index is 0.510. The van der Waals surface area contributed by atoms with Crippen LogP contribution in [0.1, 0.15) is 68.1 Å². The van der Waals surface area contributed by atoms with Gasteiger partial charge in [0.15, 0.2) is 0 Å². The van der Waals surface area contributed by atoms with Gasteiger partial charge < -0.3 is 0 Å². The Labute approximate surface area is 156 Å². The van der Waals surface area contributed by atoms with Crippen molar-refractivity contribution in [1.29, 1.82) is 0 Å². The third kappa shape index (κ3) is 5.35. The highest BCUT2D eigenvalue weighted by Crippen LogP contribution is 2.35. The van der Waals surface area contributed by atoms with Crippen molar-refractivity contribution < 1.29 is 0 Å². The van der Waals surface area contributed by atoms with Gasteiger partial charge in [-0.05, 0) is 67.7 Å². The van der Waals surface area contributed by atoms with Gasteiger partial charge in [-0.1, -0.05) is 61.1 Å². The van der Waals surface area contributed by atoms with Crippen LogP contribution in [0.2, 0.25) is 5.15 Å². The number of rotatable bonds is 4. The van der Waals surface area contributed by atoms with Crippen LogP contribution in [-0.4, -0.2) is 4.98 Å². The minimum Gasteiger partial charge on any atom is -0.243 e. The molecule has 130 valence electrons. The maximum Gasteiger partial charge on any atom is 0.129 e. The van der Waals surface area contributed by atoms with Crippen LogP contribution in [0.4, 0.5) is 0 Å². The molecule has 2 aromatic rings. The molecule has 1 aromatic carbocycles. The highest BCUT2D eigenvalue weighted by atomic mass is 35.5. The maximum absolute atomic E-state index is 5.81. The summed E-state index contributed by atoms with van der Waals surface area (Å²) in [7, 11) is 0. The van der Waals surface area contributed by atoms with Gasteiger partial charge in [0.1, 0.15) is 5.15 Å². The van der Waals surface area contributed by atoms with Gasteiger partial charge in [-0.15, -0.1) is 0 Å². The van der Waals surface area contributed by atoms with E-state index in [1.54, 1.807) is 12.3 Å². The van der Waals surface area contributed by atoms with E-state index in [4.69, 9.17) is 11.6 Å². The maximum atomic E-state index is 5.81. The zero-order chi connectivity index (χ0) is 17.5. The number of aryl methyl sites for hydroxylation is 1. The van der Waals surface area contributed by atoms with E-state index < -0.39 is 0 Å². The number of pyridine rings is 1. The Morgan fingerprint density at radius 2 is 1.80 bits per heavy atom. The van der Waals surface area contributed by atoms with E-state index in [2.05, 4.69) is 48.0 Å². The summed E-state index contributed by atoms with van der Waals surface area (Å²) < 4.78 is 0. The summed E-state index contributed by atoms with van der Waals surface area (Å²) in [4.78, 5) is 4.08. The molecule has 0 spiro atoms. The Bertz CT molecular complexity index is 713. The van der Waals surface area contributed by atoms with Gasteiger partial charge in [0, 0.05) is 17.7 Å². The van der Waals surface area contributed by atoms with Gasteiger partial charge in [0.2, 0.25) is 0 Å². The Hall–Kier alpha value is -1.78. The monoisotopic (exact) mass is 351 g/mol. The highest BCUT2D eigenvalue weighted by molar-refractivity contribution is 6.29. The molecule has 0 radical (unpaired) electrons. The van der Waals surface area contributed by atoms with Crippen molar-refractivity contribution in [3.05, 3.63) is 64.4 Å². The van der Waals surface area contributed by atoms with Crippen LogP contribution in [0.5, 0.6) is 0 Å². The van der Waals surface area contributed by atoms with Crippen LogP contribution in [0.15, 0.2) is 42.6 Å². The number of halogens is 1. The third-order valence-corrected chi connectivity index (χ3v) is 5.37. The van der Waals surface area contributed by atoms with Crippen molar-refractivity contribution >= 4 is 11.6 Å². The van der Waals surface area contributed by atoms with E-state index in [0.717, 1.165) is 5.56 Å². The molecule has 0 saturated heterocycles. The third-order valence-electron chi connectivity index (χ3n) is 5.15. The molecule has 1 aliphatic carbocycles. The predicted octanol–water partition coefficient (Wildman–Crippen LogP) is 6.40. The fraction of sp³-hybridized carbons (Fsp3) is 0.435. The SMILES string of the molecule is CCCCc1ccc([C@H]2CC[C@H](C#Cc3ccc(Cl)nc3)CC2)cc1. The molecular formula is C23H26ClN. The molecule has 0 amide bonds. The lowest BCUT2D eigenvalue weighted by Gasteiger charge is -2.26. The van der Waals surface area contributed by atoms with E-state index in [1.165, 1.54) is 56.1 Å². The topological polar surface area (TPSA) is 12.9 Å². The van der Waals surface area contributed by atoms with Crippen molar-refractivity contribution in [1.82, 2.24) is 4.98 Å². The van der Waals surface area contributed by atoms with E-state index in [-0.39, 0.29) is 0 Å². The summed E-state index contributed by atoms with van der Waals surface area (Å²) in [5.41, 5.74) is 3.93. The fourth-order valence-electron chi connectivity index (χ4n) is 3.54. The second-order valence-corrected chi connectivity index (χ2v) is 7.42. The second kappa shape index (κ2) is 9.07. The van der Waals surface area contributed by atoms with Gasteiger partial charge >= 0.3 is 0 Å². The molecule has 1 heterocycles. The molecule has 0 N–H and O–H groups in total. The number of benzene rings is 1. The Morgan fingerprint density at radius 1 is 1.04 bits per heavy atom. The Balaban J connectivity index is 1.52. The lowest BCUT2D eigenvalue weighted by molar-refractivity contribution is 0.384. The first kappa shape index (κ1) is 18.0. The summed E-state index contributed by atoms with van der Waals surface area (Å²) in [5, 5.41) is 0.520. The molecule has 1 nitrogen and oxygen atoms in total. The fourth-order valence-corrected chi connectivity index (χ4v) is 3.66. The lowest BCUT2D eigenvalue weighted by atomic mass is 9.79. The number of nitrogens with zero attached hydrogens (tertiary/aromatic N) is 1. The molecule has 1 fully saturated rings. The number of hydrogen-bond donors (Lipinski definition) is 0. The number of unbranched alkanes of at least 4 members (excludes halogenated alkanes) is 1. The molecule has 3 rings (SSSR count). The number of hydrogen-bond acceptors (Lipinski definition) is 1. The van der Waals surface area contributed by atoms with Gasteiger partial charge in [0.25, 0.3) is 0 Å². The first-order valence-corrected chi connectivity index (χ1v) is 9.84. The molecule has 1 saturated carbocycles. The quantitative estimate of drug-likeness (QED) is 0.458. The van der Waals surface area contributed by atoms with Crippen LogP contribution in [0.3, 0.4) is 0 Å². The molecule has 0 aliphatic heterocycles. The van der Waals surface area contributed by atoms with Crippen molar-refractivity contribution in [2.45, 2.75) is 57.8 Å². The van der Waals surface area contributed by atoms with Crippen molar-refractivity contribution in [3.8, 4) is 11.8 Å². The van der Waals surface area contributed by atoms with Gasteiger partial charge in [-0.3, -0.25) is 0 Å². The Kier molecular flexibility index (Phi) is 6.54. The largest absolute Gasteiger partial charge is 0.243 e. The van der Waals surface area contributed by atoms with Crippen LogP contribution < -0.4 is 0 Å². The van der Waals surface area contributed by atoms with E-state index in [1.807, 2.05) is 6.07 Å². The van der Waals surface area contributed by atoms with Crippen LogP contribution in [0.25, 0.3) is 0 Å². The van der Waals surface area contributed by atoms with Crippen molar-refractivity contribution in [2.24, 2.45) is 5.92 Å². The molecule has 0 atom stereocenters. The van der Waals surface area contributed by atoms with E-state index >= 15 is 0 Å². The van der Waals surface area contributed by atoms with Crippen LogP contribution in [0, 0.1) is 17.8 Å². The zero-order valence-electron chi connectivity index (χ0n) is 15.0. The number of aromatic nitrogens is 1. The van der Waals surface area contributed by atoms with Crippen LogP contribution >= 0.6 is 11.6 Å². The molecule has 0 bridgehead atoms. The molecule has 25 heavy (non-hydrogen) atoms. The van der Waals surface area contributed by atoms with Gasteiger partial charge in [-0.2, -0.15) is 0 Å². The summed E-state index contributed by atoms with van der Waals surface area (Å²) in [6.45, 7) is 2.25. The summed E-state index contributed by atoms with van der Waals surface area (Å²) in [5.74, 6) is 7.89. The smallest absolute Gasteiger partial charge is 0.129 e. The molecule has 1 aromatic heterocycles. The normalized spacial score (nSPS) is 19.9. The average Bonchev–Trinajstić information content (AvgIpc) is 2.67. The minimum atomic E-state index is 0.510.